The monoisotopic (exact) mass is 478 g/mol. The lowest BCUT2D eigenvalue weighted by Gasteiger charge is -2.10. The summed E-state index contributed by atoms with van der Waals surface area (Å²) in [5.74, 6) is -0.438. The average molecular weight is 479 g/mol. The lowest BCUT2D eigenvalue weighted by Crippen LogP contribution is -2.00. The Kier molecular flexibility index (Phi) is 6.80. The van der Waals surface area contributed by atoms with Crippen LogP contribution in [-0.4, -0.2) is 16.0 Å². The number of carbonyl (C=O) groups is 1. The number of carboxylic acids is 1. The Bertz CT molecular complexity index is 1210. The van der Waals surface area contributed by atoms with E-state index in [0.29, 0.717) is 21.4 Å². The maximum Gasteiger partial charge on any atom is 0.335 e. The second kappa shape index (κ2) is 9.69. The fourth-order valence-corrected chi connectivity index (χ4v) is 3.30. The molecule has 0 saturated carbocycles. The van der Waals surface area contributed by atoms with Crippen LogP contribution in [-0.2, 0) is 6.61 Å². The highest BCUT2D eigenvalue weighted by Crippen LogP contribution is 2.29. The van der Waals surface area contributed by atoms with Crippen LogP contribution in [0.2, 0.25) is 0 Å². The van der Waals surface area contributed by atoms with Crippen molar-refractivity contribution in [3.05, 3.63) is 104 Å². The van der Waals surface area contributed by atoms with Gasteiger partial charge in [0.25, 0.3) is 5.69 Å². The summed E-state index contributed by atoms with van der Waals surface area (Å²) in [5.41, 5.74) is 2.54. The number of aromatic carboxylic acids is 1. The van der Waals surface area contributed by atoms with E-state index in [-0.39, 0.29) is 17.9 Å². The van der Waals surface area contributed by atoms with E-state index in [1.165, 1.54) is 30.3 Å². The van der Waals surface area contributed by atoms with Gasteiger partial charge in [0.1, 0.15) is 12.4 Å². The molecule has 31 heavy (non-hydrogen) atoms. The lowest BCUT2D eigenvalue weighted by molar-refractivity contribution is -0.384. The van der Waals surface area contributed by atoms with E-state index in [0.717, 1.165) is 11.1 Å². The highest BCUT2D eigenvalue weighted by Gasteiger charge is 2.09. The molecule has 0 fully saturated rings. The van der Waals surface area contributed by atoms with Gasteiger partial charge in [0.2, 0.25) is 0 Å². The van der Waals surface area contributed by atoms with Crippen molar-refractivity contribution in [1.29, 1.82) is 5.26 Å². The van der Waals surface area contributed by atoms with Crippen molar-refractivity contribution in [3.8, 4) is 11.8 Å². The molecule has 3 aromatic carbocycles. The third kappa shape index (κ3) is 5.56. The van der Waals surface area contributed by atoms with Crippen molar-refractivity contribution in [2.24, 2.45) is 0 Å². The summed E-state index contributed by atoms with van der Waals surface area (Å²) >= 11 is 3.45. The first-order valence-electron chi connectivity index (χ1n) is 8.98. The average Bonchev–Trinajstić information content (AvgIpc) is 2.77. The van der Waals surface area contributed by atoms with Crippen LogP contribution in [0.15, 0.2) is 71.2 Å². The van der Waals surface area contributed by atoms with Crippen LogP contribution < -0.4 is 4.74 Å². The fraction of sp³-hybridized carbons (Fsp3) is 0.0435. The van der Waals surface area contributed by atoms with Crippen molar-refractivity contribution in [3.63, 3.8) is 0 Å². The van der Waals surface area contributed by atoms with Gasteiger partial charge in [0.15, 0.2) is 0 Å². The summed E-state index contributed by atoms with van der Waals surface area (Å²) in [6, 6.07) is 19.7. The van der Waals surface area contributed by atoms with Gasteiger partial charge in [-0.15, -0.1) is 0 Å². The molecular formula is C23H15BrN2O5. The Morgan fingerprint density at radius 1 is 1.13 bits per heavy atom. The van der Waals surface area contributed by atoms with Crippen molar-refractivity contribution in [2.75, 3.05) is 0 Å². The molecule has 1 N–H and O–H groups in total. The van der Waals surface area contributed by atoms with Gasteiger partial charge in [-0.25, -0.2) is 4.79 Å². The van der Waals surface area contributed by atoms with E-state index in [4.69, 9.17) is 9.84 Å². The molecule has 0 amide bonds. The predicted octanol–water partition coefficient (Wildman–Crippen LogP) is 5.70. The SMILES string of the molecule is N#C/C(=C/c1ccc(OCc2cccc(C(=O)O)c2)c(Br)c1)c1ccc([N+](=O)[O-])cc1. The standard InChI is InChI=1S/C23H15BrN2O5/c24-21-12-15(10-19(13-25)17-5-7-20(8-6-17)26(29)30)4-9-22(21)31-14-16-2-1-3-18(11-16)23(27)28/h1-12H,14H2,(H,27,28)/b19-10-. The molecule has 3 rings (SSSR count). The molecule has 8 heteroatoms. The number of carboxylic acid groups (broad SMARTS) is 1. The van der Waals surface area contributed by atoms with Crippen molar-refractivity contribution in [2.45, 2.75) is 6.61 Å². The number of ether oxygens (including phenoxy) is 1. The summed E-state index contributed by atoms with van der Waals surface area (Å²) in [6.45, 7) is 0.196. The van der Waals surface area contributed by atoms with E-state index >= 15 is 0 Å². The van der Waals surface area contributed by atoms with Crippen LogP contribution in [0.25, 0.3) is 11.6 Å². The molecule has 0 atom stereocenters. The fourth-order valence-electron chi connectivity index (χ4n) is 2.79. The molecular weight excluding hydrogens is 464 g/mol. The van der Waals surface area contributed by atoms with Gasteiger partial charge in [-0.1, -0.05) is 18.2 Å². The van der Waals surface area contributed by atoms with Crippen LogP contribution in [0, 0.1) is 21.4 Å². The molecule has 0 aliphatic heterocycles. The molecule has 154 valence electrons. The number of halogens is 1. The largest absolute Gasteiger partial charge is 0.488 e. The third-order valence-corrected chi connectivity index (χ3v) is 4.96. The Labute approximate surface area is 186 Å². The highest BCUT2D eigenvalue weighted by atomic mass is 79.9. The minimum Gasteiger partial charge on any atom is -0.488 e. The van der Waals surface area contributed by atoms with Crippen molar-refractivity contribution in [1.82, 2.24) is 0 Å². The summed E-state index contributed by atoms with van der Waals surface area (Å²) < 4.78 is 6.44. The van der Waals surface area contributed by atoms with Gasteiger partial charge < -0.3 is 9.84 Å². The van der Waals surface area contributed by atoms with Gasteiger partial charge >= 0.3 is 5.97 Å². The number of nitriles is 1. The smallest absolute Gasteiger partial charge is 0.335 e. The maximum atomic E-state index is 11.1. The first-order chi connectivity index (χ1) is 14.9. The molecule has 0 bridgehead atoms. The zero-order chi connectivity index (χ0) is 22.4. The summed E-state index contributed by atoms with van der Waals surface area (Å²) in [7, 11) is 0. The van der Waals surface area contributed by atoms with Crippen molar-refractivity contribution < 1.29 is 19.6 Å². The van der Waals surface area contributed by atoms with Crippen LogP contribution in [0.5, 0.6) is 5.75 Å². The van der Waals surface area contributed by atoms with Crippen LogP contribution in [0.3, 0.4) is 0 Å². The number of hydrogen-bond donors (Lipinski definition) is 1. The Hall–Kier alpha value is -3.96. The molecule has 0 unspecified atom stereocenters. The molecule has 0 aliphatic carbocycles. The van der Waals surface area contributed by atoms with E-state index in [9.17, 15) is 20.2 Å². The van der Waals surface area contributed by atoms with Crippen LogP contribution in [0.1, 0.15) is 27.0 Å². The number of hydrogen-bond acceptors (Lipinski definition) is 5. The van der Waals surface area contributed by atoms with E-state index in [1.54, 1.807) is 42.5 Å². The summed E-state index contributed by atoms with van der Waals surface area (Å²) in [4.78, 5) is 21.4. The molecule has 0 saturated heterocycles. The molecule has 0 heterocycles. The quantitative estimate of drug-likeness (QED) is 0.201. The highest BCUT2D eigenvalue weighted by molar-refractivity contribution is 9.10. The van der Waals surface area contributed by atoms with Gasteiger partial charge in [-0.05, 0) is 75.1 Å². The summed E-state index contributed by atoms with van der Waals surface area (Å²) in [6.07, 6.45) is 1.67. The minimum absolute atomic E-state index is 0.0424. The normalized spacial score (nSPS) is 10.9. The number of benzene rings is 3. The first-order valence-corrected chi connectivity index (χ1v) is 9.78. The first kappa shape index (κ1) is 21.7. The van der Waals surface area contributed by atoms with Crippen LogP contribution in [0.4, 0.5) is 5.69 Å². The molecule has 0 aliphatic rings. The summed E-state index contributed by atoms with van der Waals surface area (Å²) in [5, 5.41) is 29.3. The maximum absolute atomic E-state index is 11.1. The van der Waals surface area contributed by atoms with Crippen LogP contribution >= 0.6 is 15.9 Å². The van der Waals surface area contributed by atoms with E-state index in [2.05, 4.69) is 22.0 Å². The number of nitro groups is 1. The molecule has 0 radical (unpaired) electrons. The number of rotatable bonds is 7. The molecule has 0 spiro atoms. The Morgan fingerprint density at radius 2 is 1.87 bits per heavy atom. The second-order valence-corrected chi connectivity index (χ2v) is 7.31. The number of non-ortho nitro benzene ring substituents is 1. The van der Waals surface area contributed by atoms with Gasteiger partial charge in [-0.3, -0.25) is 10.1 Å². The van der Waals surface area contributed by atoms with Gasteiger partial charge in [0.05, 0.1) is 26.6 Å². The topological polar surface area (TPSA) is 113 Å². The Morgan fingerprint density at radius 3 is 2.48 bits per heavy atom. The van der Waals surface area contributed by atoms with Gasteiger partial charge in [-0.2, -0.15) is 5.26 Å². The van der Waals surface area contributed by atoms with E-state index in [1.807, 2.05) is 0 Å². The zero-order valence-corrected chi connectivity index (χ0v) is 17.6. The zero-order valence-electron chi connectivity index (χ0n) is 16.0. The Balaban J connectivity index is 1.76. The predicted molar refractivity (Wildman–Crippen MR) is 118 cm³/mol. The van der Waals surface area contributed by atoms with Crippen molar-refractivity contribution >= 4 is 39.2 Å². The number of nitrogens with zero attached hydrogens (tertiary/aromatic N) is 2. The lowest BCUT2D eigenvalue weighted by atomic mass is 10.0. The molecule has 7 nitrogen and oxygen atoms in total. The number of nitro benzene ring substituents is 1. The number of allylic oxidation sites excluding steroid dienone is 1. The van der Waals surface area contributed by atoms with Gasteiger partial charge in [0, 0.05) is 12.1 Å². The minimum atomic E-state index is -1.000. The second-order valence-electron chi connectivity index (χ2n) is 6.46. The third-order valence-electron chi connectivity index (χ3n) is 4.34. The van der Waals surface area contributed by atoms with E-state index < -0.39 is 10.9 Å². The molecule has 0 aromatic heterocycles. The molecule has 3 aromatic rings.